The van der Waals surface area contributed by atoms with E-state index in [1.54, 1.807) is 0 Å². The highest BCUT2D eigenvalue weighted by Crippen LogP contribution is 2.45. The fourth-order valence-electron chi connectivity index (χ4n) is 4.73. The van der Waals surface area contributed by atoms with Gasteiger partial charge in [0.25, 0.3) is 11.8 Å². The molecular weight excluding hydrogens is 466 g/mol. The topological polar surface area (TPSA) is 121 Å². The number of hydrogen-bond donors (Lipinski definition) is 0. The molecule has 2 aliphatic heterocycles. The molecule has 2 amide bonds. The standard InChI is InChI=1S/C29H31N5O3/c1-4-15-33(16-7-5-6-8-17-34-25(35)13-14-26(34)36)23-11-9-21(10-12-23)27-24(20-32)28(22(18-30)19-31)37-29(27,2)3/h9-14H,4-8,15-17H2,1-3H3. The minimum Gasteiger partial charge on any atom is -0.480 e. The van der Waals surface area contributed by atoms with Crippen LogP contribution in [0.25, 0.3) is 5.57 Å². The molecule has 0 saturated carbocycles. The van der Waals surface area contributed by atoms with Crippen LogP contribution >= 0.6 is 0 Å². The van der Waals surface area contributed by atoms with Gasteiger partial charge in [-0.05, 0) is 50.8 Å². The smallest absolute Gasteiger partial charge is 0.253 e. The van der Waals surface area contributed by atoms with Crippen molar-refractivity contribution < 1.29 is 14.3 Å². The SMILES string of the molecule is CCCN(CCCCCCN1C(=O)C=CC1=O)c1ccc(C2=C(C#N)C(=C(C#N)C#N)OC2(C)C)cc1. The van der Waals surface area contributed by atoms with Crippen LogP contribution in [0.5, 0.6) is 0 Å². The van der Waals surface area contributed by atoms with Crippen molar-refractivity contribution in [1.82, 2.24) is 4.90 Å². The molecule has 37 heavy (non-hydrogen) atoms. The van der Waals surface area contributed by atoms with Gasteiger partial charge in [0.1, 0.15) is 29.4 Å². The van der Waals surface area contributed by atoms with E-state index in [-0.39, 0.29) is 28.7 Å². The minimum absolute atomic E-state index is 0.0407. The lowest BCUT2D eigenvalue weighted by Gasteiger charge is -2.26. The van der Waals surface area contributed by atoms with Crippen molar-refractivity contribution in [2.45, 2.75) is 58.5 Å². The van der Waals surface area contributed by atoms with E-state index in [4.69, 9.17) is 4.74 Å². The first kappa shape index (κ1) is 27.2. The van der Waals surface area contributed by atoms with Gasteiger partial charge in [-0.15, -0.1) is 0 Å². The van der Waals surface area contributed by atoms with E-state index in [9.17, 15) is 25.4 Å². The van der Waals surface area contributed by atoms with E-state index in [1.807, 2.05) is 50.3 Å². The Balaban J connectivity index is 1.66. The molecule has 0 spiro atoms. The second kappa shape index (κ2) is 12.1. The molecule has 0 unspecified atom stereocenters. The van der Waals surface area contributed by atoms with E-state index in [0.717, 1.165) is 56.4 Å². The normalized spacial score (nSPS) is 15.9. The molecule has 3 rings (SSSR count). The summed E-state index contributed by atoms with van der Waals surface area (Å²) in [6.45, 7) is 8.04. The largest absolute Gasteiger partial charge is 0.480 e. The highest BCUT2D eigenvalue weighted by atomic mass is 16.5. The molecule has 190 valence electrons. The first-order chi connectivity index (χ1) is 17.8. The molecule has 0 fully saturated rings. The molecule has 2 aliphatic rings. The zero-order chi connectivity index (χ0) is 27.0. The Labute approximate surface area is 218 Å². The van der Waals surface area contributed by atoms with Crippen molar-refractivity contribution in [3.05, 3.63) is 58.9 Å². The third kappa shape index (κ3) is 6.08. The second-order valence-corrected chi connectivity index (χ2v) is 9.51. The first-order valence-electron chi connectivity index (χ1n) is 12.5. The Morgan fingerprint density at radius 2 is 1.57 bits per heavy atom. The number of benzene rings is 1. The number of imide groups is 1. The number of ether oxygens (including phenoxy) is 1. The number of carbonyl (C=O) groups excluding carboxylic acids is 2. The van der Waals surface area contributed by atoms with Crippen LogP contribution in [-0.2, 0) is 14.3 Å². The summed E-state index contributed by atoms with van der Waals surface area (Å²) in [4.78, 5) is 26.9. The number of nitrogens with zero attached hydrogens (tertiary/aromatic N) is 5. The van der Waals surface area contributed by atoms with Crippen LogP contribution in [0.4, 0.5) is 5.69 Å². The maximum absolute atomic E-state index is 11.6. The lowest BCUT2D eigenvalue weighted by molar-refractivity contribution is -0.136. The van der Waals surface area contributed by atoms with Gasteiger partial charge in [0.15, 0.2) is 11.3 Å². The lowest BCUT2D eigenvalue weighted by atomic mass is 9.89. The summed E-state index contributed by atoms with van der Waals surface area (Å²) in [6.07, 6.45) is 7.37. The van der Waals surface area contributed by atoms with Crippen LogP contribution in [-0.4, -0.2) is 41.9 Å². The summed E-state index contributed by atoms with van der Waals surface area (Å²) in [5, 5.41) is 28.4. The second-order valence-electron chi connectivity index (χ2n) is 9.51. The molecule has 1 aromatic rings. The molecule has 0 bridgehead atoms. The van der Waals surface area contributed by atoms with Gasteiger partial charge in [-0.2, -0.15) is 15.8 Å². The molecule has 8 nitrogen and oxygen atoms in total. The molecule has 8 heteroatoms. The summed E-state index contributed by atoms with van der Waals surface area (Å²) in [6, 6.07) is 13.7. The Hall–Kier alpha value is -4.35. The zero-order valence-electron chi connectivity index (χ0n) is 21.6. The molecule has 0 saturated heterocycles. The molecule has 0 aliphatic carbocycles. The number of amides is 2. The molecule has 0 atom stereocenters. The number of anilines is 1. The Kier molecular flexibility index (Phi) is 8.88. The molecule has 1 aromatic carbocycles. The third-order valence-corrected chi connectivity index (χ3v) is 6.47. The number of allylic oxidation sites excluding steroid dienone is 2. The van der Waals surface area contributed by atoms with E-state index < -0.39 is 5.60 Å². The van der Waals surface area contributed by atoms with E-state index in [2.05, 4.69) is 17.9 Å². The van der Waals surface area contributed by atoms with Crippen molar-refractivity contribution in [2.24, 2.45) is 0 Å². The zero-order valence-corrected chi connectivity index (χ0v) is 21.6. The molecular formula is C29H31N5O3. The first-order valence-corrected chi connectivity index (χ1v) is 12.5. The van der Waals surface area contributed by atoms with E-state index >= 15 is 0 Å². The Morgan fingerprint density at radius 1 is 0.946 bits per heavy atom. The average Bonchev–Trinajstić information content (AvgIpc) is 3.35. The minimum atomic E-state index is -0.857. The maximum atomic E-state index is 11.6. The molecule has 0 N–H and O–H groups in total. The Morgan fingerprint density at radius 3 is 2.14 bits per heavy atom. The number of carbonyl (C=O) groups is 2. The van der Waals surface area contributed by atoms with Crippen LogP contribution in [0.3, 0.4) is 0 Å². The van der Waals surface area contributed by atoms with E-state index in [1.165, 1.54) is 17.1 Å². The van der Waals surface area contributed by atoms with Crippen LogP contribution < -0.4 is 4.90 Å². The fraction of sp³-hybridized carbons (Fsp3) is 0.414. The quantitative estimate of drug-likeness (QED) is 0.245. The van der Waals surface area contributed by atoms with Crippen molar-refractivity contribution in [1.29, 1.82) is 15.8 Å². The average molecular weight is 498 g/mol. The summed E-state index contributed by atoms with van der Waals surface area (Å²) >= 11 is 0. The van der Waals surface area contributed by atoms with Gasteiger partial charge >= 0.3 is 0 Å². The summed E-state index contributed by atoms with van der Waals surface area (Å²) < 4.78 is 5.89. The summed E-state index contributed by atoms with van der Waals surface area (Å²) in [5.74, 6) is -0.412. The highest BCUT2D eigenvalue weighted by molar-refractivity contribution is 6.12. The number of unbranched alkanes of at least 4 members (excludes halogenated alkanes) is 3. The molecule has 2 heterocycles. The van der Waals surface area contributed by atoms with Crippen molar-refractivity contribution in [2.75, 3.05) is 24.5 Å². The maximum Gasteiger partial charge on any atom is 0.253 e. The van der Waals surface area contributed by atoms with E-state index in [0.29, 0.717) is 12.1 Å². The number of hydrogen-bond acceptors (Lipinski definition) is 7. The van der Waals surface area contributed by atoms with Gasteiger partial charge < -0.3 is 9.64 Å². The molecule has 0 radical (unpaired) electrons. The number of nitriles is 3. The van der Waals surface area contributed by atoms with Crippen molar-refractivity contribution in [3.8, 4) is 18.2 Å². The molecule has 0 aromatic heterocycles. The van der Waals surface area contributed by atoms with Crippen LogP contribution in [0.1, 0.15) is 58.4 Å². The van der Waals surface area contributed by atoms with Gasteiger partial charge in [0, 0.05) is 43.0 Å². The monoisotopic (exact) mass is 497 g/mol. The van der Waals surface area contributed by atoms with Crippen molar-refractivity contribution >= 4 is 23.1 Å². The fourth-order valence-corrected chi connectivity index (χ4v) is 4.73. The van der Waals surface area contributed by atoms with Gasteiger partial charge in [-0.3, -0.25) is 14.5 Å². The summed E-state index contributed by atoms with van der Waals surface area (Å²) in [5.41, 5.74) is 1.70. The van der Waals surface area contributed by atoms with Gasteiger partial charge in [-0.1, -0.05) is 31.9 Å². The predicted octanol–water partition coefficient (Wildman–Crippen LogP) is 4.78. The third-order valence-electron chi connectivity index (χ3n) is 6.47. The van der Waals surface area contributed by atoms with Crippen LogP contribution in [0, 0.1) is 34.0 Å². The highest BCUT2D eigenvalue weighted by Gasteiger charge is 2.40. The van der Waals surface area contributed by atoms with Crippen LogP contribution in [0.15, 0.2) is 53.3 Å². The van der Waals surface area contributed by atoms with Crippen LogP contribution in [0.2, 0.25) is 0 Å². The number of rotatable bonds is 11. The predicted molar refractivity (Wildman–Crippen MR) is 139 cm³/mol. The summed E-state index contributed by atoms with van der Waals surface area (Å²) in [7, 11) is 0. The lowest BCUT2D eigenvalue weighted by Crippen LogP contribution is -2.30. The van der Waals surface area contributed by atoms with Gasteiger partial charge in [0.2, 0.25) is 0 Å². The van der Waals surface area contributed by atoms with Crippen molar-refractivity contribution in [3.63, 3.8) is 0 Å². The van der Waals surface area contributed by atoms with Gasteiger partial charge in [-0.25, -0.2) is 0 Å². The van der Waals surface area contributed by atoms with Gasteiger partial charge in [0.05, 0.1) is 0 Å². The Bertz CT molecular complexity index is 1230.